The van der Waals surface area contributed by atoms with E-state index in [9.17, 15) is 0 Å². The Morgan fingerprint density at radius 1 is 1.10 bits per heavy atom. The molecular formula is C17H17N3. The van der Waals surface area contributed by atoms with Crippen molar-refractivity contribution >= 4 is 17.3 Å². The second-order valence-electron chi connectivity index (χ2n) is 5.52. The van der Waals surface area contributed by atoms with Crippen LogP contribution in [0, 0.1) is 6.92 Å². The van der Waals surface area contributed by atoms with Crippen LogP contribution >= 0.6 is 0 Å². The zero-order valence-electron chi connectivity index (χ0n) is 11.6. The van der Waals surface area contributed by atoms with Gasteiger partial charge in [0.05, 0.1) is 5.69 Å². The molecule has 0 aromatic heterocycles. The summed E-state index contributed by atoms with van der Waals surface area (Å²) in [5, 5.41) is 3.49. The molecule has 2 aromatic rings. The van der Waals surface area contributed by atoms with Gasteiger partial charge in [0.2, 0.25) is 5.96 Å². The van der Waals surface area contributed by atoms with E-state index in [4.69, 9.17) is 4.99 Å². The normalized spacial score (nSPS) is 16.2. The van der Waals surface area contributed by atoms with Gasteiger partial charge in [0, 0.05) is 18.8 Å². The summed E-state index contributed by atoms with van der Waals surface area (Å²) in [6, 6.07) is 15.0. The summed E-state index contributed by atoms with van der Waals surface area (Å²) in [4.78, 5) is 7.13. The van der Waals surface area contributed by atoms with Crippen LogP contribution in [0.2, 0.25) is 0 Å². The Bertz CT molecular complexity index is 703. The number of para-hydroxylation sites is 1. The minimum Gasteiger partial charge on any atom is -0.338 e. The van der Waals surface area contributed by atoms with Crippen molar-refractivity contribution < 1.29 is 0 Å². The van der Waals surface area contributed by atoms with Crippen LogP contribution < -0.4 is 5.32 Å². The molecule has 0 saturated carbocycles. The Hall–Kier alpha value is -2.29. The van der Waals surface area contributed by atoms with Gasteiger partial charge in [0.1, 0.15) is 0 Å². The molecule has 1 N–H and O–H groups in total. The van der Waals surface area contributed by atoms with Gasteiger partial charge in [0.25, 0.3) is 0 Å². The minimum atomic E-state index is 0.941. The number of benzene rings is 2. The van der Waals surface area contributed by atoms with Crippen molar-refractivity contribution in [2.45, 2.75) is 19.9 Å². The summed E-state index contributed by atoms with van der Waals surface area (Å²) in [6.45, 7) is 4.09. The Labute approximate surface area is 119 Å². The zero-order chi connectivity index (χ0) is 13.5. The minimum absolute atomic E-state index is 0.941. The number of rotatable bonds is 0. The molecule has 4 rings (SSSR count). The van der Waals surface area contributed by atoms with Crippen LogP contribution in [0.15, 0.2) is 47.5 Å². The maximum atomic E-state index is 4.80. The van der Waals surface area contributed by atoms with Crippen LogP contribution in [-0.2, 0) is 13.0 Å². The molecule has 0 amide bonds. The van der Waals surface area contributed by atoms with E-state index >= 15 is 0 Å². The van der Waals surface area contributed by atoms with E-state index in [2.05, 4.69) is 59.6 Å². The van der Waals surface area contributed by atoms with Crippen molar-refractivity contribution in [3.05, 3.63) is 59.2 Å². The molecule has 0 atom stereocenters. The number of nitrogens with zero attached hydrogens (tertiary/aromatic N) is 2. The fraction of sp³-hybridized carbons (Fsp3) is 0.235. The molecule has 0 saturated heterocycles. The molecule has 2 aliphatic heterocycles. The highest BCUT2D eigenvalue weighted by atomic mass is 15.3. The van der Waals surface area contributed by atoms with Crippen molar-refractivity contribution in [3.63, 3.8) is 0 Å². The van der Waals surface area contributed by atoms with Crippen LogP contribution in [0.25, 0.3) is 0 Å². The predicted octanol–water partition coefficient (Wildman–Crippen LogP) is 3.47. The first-order chi connectivity index (χ1) is 9.79. The Balaban J connectivity index is 1.77. The predicted molar refractivity (Wildman–Crippen MR) is 82.5 cm³/mol. The largest absolute Gasteiger partial charge is 0.338 e. The van der Waals surface area contributed by atoms with Gasteiger partial charge >= 0.3 is 0 Å². The van der Waals surface area contributed by atoms with Gasteiger partial charge in [0.15, 0.2) is 0 Å². The summed E-state index contributed by atoms with van der Waals surface area (Å²) in [6.07, 6.45) is 1.06. The van der Waals surface area contributed by atoms with E-state index in [1.165, 1.54) is 22.4 Å². The highest BCUT2D eigenvalue weighted by molar-refractivity contribution is 5.97. The number of hydrogen-bond donors (Lipinski definition) is 1. The number of aryl methyl sites for hydroxylation is 1. The SMILES string of the molecule is Cc1ccc2c(c1)CN1CCc3ccccc3NC1=N2. The third-order valence-corrected chi connectivity index (χ3v) is 4.04. The molecule has 2 heterocycles. The summed E-state index contributed by atoms with van der Waals surface area (Å²) in [5.41, 5.74) is 6.26. The highest BCUT2D eigenvalue weighted by Gasteiger charge is 2.23. The highest BCUT2D eigenvalue weighted by Crippen LogP contribution is 2.30. The van der Waals surface area contributed by atoms with Crippen LogP contribution in [-0.4, -0.2) is 17.4 Å². The monoisotopic (exact) mass is 263 g/mol. The number of nitrogens with one attached hydrogen (secondary N) is 1. The Morgan fingerprint density at radius 2 is 2.00 bits per heavy atom. The average Bonchev–Trinajstić information content (AvgIpc) is 2.64. The standard InChI is InChI=1S/C17H17N3/c1-12-6-7-16-14(10-12)11-20-9-8-13-4-2-3-5-15(13)18-17(20)19-16/h2-7,10H,8-9,11H2,1H3,(H,18,19). The number of hydrogen-bond acceptors (Lipinski definition) is 3. The van der Waals surface area contributed by atoms with Crippen molar-refractivity contribution in [3.8, 4) is 0 Å². The lowest BCUT2D eigenvalue weighted by molar-refractivity contribution is 0.414. The third-order valence-electron chi connectivity index (χ3n) is 4.04. The summed E-state index contributed by atoms with van der Waals surface area (Å²) >= 11 is 0. The first-order valence-electron chi connectivity index (χ1n) is 7.08. The zero-order valence-corrected chi connectivity index (χ0v) is 11.6. The number of guanidine groups is 1. The van der Waals surface area contributed by atoms with E-state index in [1.54, 1.807) is 0 Å². The van der Waals surface area contributed by atoms with Gasteiger partial charge in [-0.05, 0) is 36.6 Å². The summed E-state index contributed by atoms with van der Waals surface area (Å²) < 4.78 is 0. The van der Waals surface area contributed by atoms with E-state index in [-0.39, 0.29) is 0 Å². The Morgan fingerprint density at radius 3 is 2.95 bits per heavy atom. The fourth-order valence-electron chi connectivity index (χ4n) is 2.94. The van der Waals surface area contributed by atoms with Gasteiger partial charge in [-0.1, -0.05) is 35.9 Å². The molecule has 20 heavy (non-hydrogen) atoms. The molecule has 0 unspecified atom stereocenters. The van der Waals surface area contributed by atoms with Gasteiger partial charge < -0.3 is 10.2 Å². The van der Waals surface area contributed by atoms with Crippen LogP contribution in [0.4, 0.5) is 11.4 Å². The molecule has 3 nitrogen and oxygen atoms in total. The maximum Gasteiger partial charge on any atom is 0.204 e. The van der Waals surface area contributed by atoms with Gasteiger partial charge in [-0.2, -0.15) is 0 Å². The van der Waals surface area contributed by atoms with E-state index in [0.717, 1.165) is 31.2 Å². The van der Waals surface area contributed by atoms with Crippen LogP contribution in [0.3, 0.4) is 0 Å². The van der Waals surface area contributed by atoms with Crippen molar-refractivity contribution in [1.82, 2.24) is 4.90 Å². The lowest BCUT2D eigenvalue weighted by Crippen LogP contribution is -2.37. The Kier molecular flexibility index (Phi) is 2.52. The molecular weight excluding hydrogens is 246 g/mol. The first-order valence-corrected chi connectivity index (χ1v) is 7.08. The summed E-state index contributed by atoms with van der Waals surface area (Å²) in [7, 11) is 0. The van der Waals surface area contributed by atoms with Crippen molar-refractivity contribution in [2.24, 2.45) is 4.99 Å². The second-order valence-corrected chi connectivity index (χ2v) is 5.52. The third kappa shape index (κ3) is 1.86. The molecule has 0 fully saturated rings. The molecule has 3 heteroatoms. The number of aliphatic imine (C=N–C) groups is 1. The molecule has 2 aromatic carbocycles. The molecule has 0 radical (unpaired) electrons. The molecule has 2 aliphatic rings. The van der Waals surface area contributed by atoms with E-state index in [1.807, 2.05) is 0 Å². The molecule has 0 bridgehead atoms. The van der Waals surface area contributed by atoms with Gasteiger partial charge in [-0.3, -0.25) is 0 Å². The lowest BCUT2D eigenvalue weighted by Gasteiger charge is -2.29. The quantitative estimate of drug-likeness (QED) is 0.788. The van der Waals surface area contributed by atoms with Crippen molar-refractivity contribution in [1.29, 1.82) is 0 Å². The topological polar surface area (TPSA) is 27.6 Å². The van der Waals surface area contributed by atoms with E-state index in [0.29, 0.717) is 0 Å². The van der Waals surface area contributed by atoms with E-state index < -0.39 is 0 Å². The van der Waals surface area contributed by atoms with Gasteiger partial charge in [-0.15, -0.1) is 0 Å². The lowest BCUT2D eigenvalue weighted by atomic mass is 10.1. The van der Waals surface area contributed by atoms with Crippen LogP contribution in [0.5, 0.6) is 0 Å². The molecule has 100 valence electrons. The molecule has 0 aliphatic carbocycles. The average molecular weight is 263 g/mol. The summed E-state index contributed by atoms with van der Waals surface area (Å²) in [5.74, 6) is 0.978. The maximum absolute atomic E-state index is 4.80. The van der Waals surface area contributed by atoms with Crippen LogP contribution in [0.1, 0.15) is 16.7 Å². The molecule has 0 spiro atoms. The number of fused-ring (bicyclic) bond motifs is 3. The smallest absolute Gasteiger partial charge is 0.204 e. The van der Waals surface area contributed by atoms with Crippen molar-refractivity contribution in [2.75, 3.05) is 11.9 Å². The fourth-order valence-corrected chi connectivity index (χ4v) is 2.94. The first kappa shape index (κ1) is 11.5. The van der Waals surface area contributed by atoms with Gasteiger partial charge in [-0.25, -0.2) is 4.99 Å². The second kappa shape index (κ2) is 4.37. The number of anilines is 1.